The zero-order valence-electron chi connectivity index (χ0n) is 11.1. The summed E-state index contributed by atoms with van der Waals surface area (Å²) in [5.74, 6) is 1.69. The summed E-state index contributed by atoms with van der Waals surface area (Å²) in [5.41, 5.74) is 1.09. The Hall–Kier alpha value is -1.16. The van der Waals surface area contributed by atoms with Gasteiger partial charge in [-0.3, -0.25) is 0 Å². The van der Waals surface area contributed by atoms with E-state index >= 15 is 0 Å². The molecule has 2 rings (SSSR count). The summed E-state index contributed by atoms with van der Waals surface area (Å²) >= 11 is 0. The molecule has 1 aliphatic heterocycles. The molecule has 17 heavy (non-hydrogen) atoms. The Bertz CT molecular complexity index is 392. The molecular formula is C13H21N3O. The lowest BCUT2D eigenvalue weighted by molar-refractivity contribution is 0.105. The smallest absolute Gasteiger partial charge is 0.159 e. The van der Waals surface area contributed by atoms with E-state index in [1.807, 2.05) is 13.1 Å². The minimum absolute atomic E-state index is 0.0297. The third-order valence-electron chi connectivity index (χ3n) is 2.99. The molecule has 0 radical (unpaired) electrons. The molecule has 1 atom stereocenters. The molecule has 94 valence electrons. The molecule has 4 heteroatoms. The number of ether oxygens (including phenoxy) is 1. The molecule has 0 spiro atoms. The first kappa shape index (κ1) is 12.3. The molecule has 0 bridgehead atoms. The van der Waals surface area contributed by atoms with Gasteiger partial charge in [0, 0.05) is 25.1 Å². The normalized spacial score (nSPS) is 20.6. The van der Waals surface area contributed by atoms with Gasteiger partial charge in [0.2, 0.25) is 0 Å². The predicted molar refractivity (Wildman–Crippen MR) is 68.2 cm³/mol. The van der Waals surface area contributed by atoms with E-state index in [9.17, 15) is 0 Å². The highest BCUT2D eigenvalue weighted by atomic mass is 16.5. The molecule has 1 N–H and O–H groups in total. The second kappa shape index (κ2) is 4.61. The fourth-order valence-electron chi connectivity index (χ4n) is 1.90. The highest BCUT2D eigenvalue weighted by Crippen LogP contribution is 2.29. The van der Waals surface area contributed by atoms with Gasteiger partial charge in [0.05, 0.1) is 5.69 Å². The number of hydrogen-bond donors (Lipinski definition) is 1. The largest absolute Gasteiger partial charge is 0.373 e. The zero-order valence-corrected chi connectivity index (χ0v) is 11.1. The van der Waals surface area contributed by atoms with Crippen LogP contribution in [0.5, 0.6) is 0 Å². The molecule has 4 nitrogen and oxygen atoms in total. The summed E-state index contributed by atoms with van der Waals surface area (Å²) in [5, 5.41) is 3.10. The first-order valence-corrected chi connectivity index (χ1v) is 6.19. The van der Waals surface area contributed by atoms with Gasteiger partial charge < -0.3 is 10.1 Å². The van der Waals surface area contributed by atoms with Crippen LogP contribution in [0.1, 0.15) is 51.2 Å². The lowest BCUT2D eigenvalue weighted by Gasteiger charge is -2.20. The maximum atomic E-state index is 5.65. The number of nitrogens with zero attached hydrogens (tertiary/aromatic N) is 2. The fraction of sp³-hybridized carbons (Fsp3) is 0.692. The van der Waals surface area contributed by atoms with Gasteiger partial charge in [-0.1, -0.05) is 20.8 Å². The second-order valence-corrected chi connectivity index (χ2v) is 5.50. The first-order valence-electron chi connectivity index (χ1n) is 6.19. The molecule has 0 amide bonds. The van der Waals surface area contributed by atoms with Crippen LogP contribution in [0.25, 0.3) is 0 Å². The fourth-order valence-corrected chi connectivity index (χ4v) is 1.90. The lowest BCUT2D eigenvalue weighted by atomic mass is 9.92. The van der Waals surface area contributed by atoms with Crippen LogP contribution < -0.4 is 5.32 Å². The minimum Gasteiger partial charge on any atom is -0.373 e. The molecule has 1 saturated heterocycles. The molecule has 0 aromatic carbocycles. The van der Waals surface area contributed by atoms with Gasteiger partial charge in [0.25, 0.3) is 0 Å². The van der Waals surface area contributed by atoms with Gasteiger partial charge in [-0.25, -0.2) is 9.97 Å². The molecular weight excluding hydrogens is 214 g/mol. The van der Waals surface area contributed by atoms with Crippen LogP contribution in [0.15, 0.2) is 6.07 Å². The van der Waals surface area contributed by atoms with E-state index in [1.54, 1.807) is 0 Å². The van der Waals surface area contributed by atoms with E-state index in [0.29, 0.717) is 0 Å². The van der Waals surface area contributed by atoms with Gasteiger partial charge in [-0.05, 0) is 12.8 Å². The van der Waals surface area contributed by atoms with Crippen LogP contribution in [0.3, 0.4) is 0 Å². The van der Waals surface area contributed by atoms with Crippen LogP contribution in [-0.2, 0) is 10.2 Å². The van der Waals surface area contributed by atoms with Crippen molar-refractivity contribution in [3.63, 3.8) is 0 Å². The minimum atomic E-state index is 0.0297. The van der Waals surface area contributed by atoms with E-state index in [-0.39, 0.29) is 11.5 Å². The summed E-state index contributed by atoms with van der Waals surface area (Å²) in [6.07, 6.45) is 2.20. The Balaban J connectivity index is 2.38. The standard InChI is InChI=1S/C13H21N3O/c1-13(2,3)10-8-11(14-4)16-12(15-10)9-6-5-7-17-9/h8-9H,5-7H2,1-4H3,(H,14,15,16). The summed E-state index contributed by atoms with van der Waals surface area (Å²) in [4.78, 5) is 9.16. The molecule has 0 saturated carbocycles. The van der Waals surface area contributed by atoms with Crippen molar-refractivity contribution < 1.29 is 4.74 Å². The summed E-state index contributed by atoms with van der Waals surface area (Å²) in [7, 11) is 1.88. The average molecular weight is 235 g/mol. The molecule has 1 aromatic heterocycles. The number of rotatable bonds is 2. The third kappa shape index (κ3) is 2.75. The highest BCUT2D eigenvalue weighted by molar-refractivity contribution is 5.37. The van der Waals surface area contributed by atoms with E-state index in [2.05, 4.69) is 36.1 Å². The number of anilines is 1. The molecule has 1 aromatic rings. The predicted octanol–water partition coefficient (Wildman–Crippen LogP) is 2.67. The topological polar surface area (TPSA) is 47.0 Å². The summed E-state index contributed by atoms with van der Waals surface area (Å²) in [6.45, 7) is 7.30. The Morgan fingerprint density at radius 1 is 1.35 bits per heavy atom. The zero-order chi connectivity index (χ0) is 12.5. The Kier molecular flexibility index (Phi) is 3.33. The van der Waals surface area contributed by atoms with Crippen molar-refractivity contribution in [2.45, 2.75) is 45.1 Å². The average Bonchev–Trinajstić information content (AvgIpc) is 2.80. The van der Waals surface area contributed by atoms with E-state index in [4.69, 9.17) is 4.74 Å². The van der Waals surface area contributed by atoms with E-state index < -0.39 is 0 Å². The highest BCUT2D eigenvalue weighted by Gasteiger charge is 2.24. The van der Waals surface area contributed by atoms with Crippen molar-refractivity contribution in [3.8, 4) is 0 Å². The molecule has 0 aliphatic carbocycles. The monoisotopic (exact) mass is 235 g/mol. The molecule has 1 aliphatic rings. The van der Waals surface area contributed by atoms with Gasteiger partial charge in [-0.2, -0.15) is 0 Å². The van der Waals surface area contributed by atoms with Crippen molar-refractivity contribution in [2.75, 3.05) is 19.0 Å². The van der Waals surface area contributed by atoms with Crippen LogP contribution in [0.2, 0.25) is 0 Å². The lowest BCUT2D eigenvalue weighted by Crippen LogP contribution is -2.17. The first-order chi connectivity index (χ1) is 8.00. The quantitative estimate of drug-likeness (QED) is 0.856. The summed E-state index contributed by atoms with van der Waals surface area (Å²) < 4.78 is 5.65. The van der Waals surface area contributed by atoms with Gasteiger partial charge in [0.15, 0.2) is 5.82 Å². The number of aromatic nitrogens is 2. The second-order valence-electron chi connectivity index (χ2n) is 5.50. The van der Waals surface area contributed by atoms with Crippen molar-refractivity contribution >= 4 is 5.82 Å². The van der Waals surface area contributed by atoms with E-state index in [0.717, 1.165) is 36.8 Å². The molecule has 1 unspecified atom stereocenters. The molecule has 2 heterocycles. The Morgan fingerprint density at radius 2 is 2.12 bits per heavy atom. The van der Waals surface area contributed by atoms with E-state index in [1.165, 1.54) is 0 Å². The molecule has 1 fully saturated rings. The van der Waals surface area contributed by atoms with Crippen LogP contribution >= 0.6 is 0 Å². The van der Waals surface area contributed by atoms with Crippen molar-refractivity contribution in [2.24, 2.45) is 0 Å². The number of nitrogens with one attached hydrogen (secondary N) is 1. The Morgan fingerprint density at radius 3 is 2.65 bits per heavy atom. The van der Waals surface area contributed by atoms with Gasteiger partial charge in [0.1, 0.15) is 11.9 Å². The van der Waals surface area contributed by atoms with Gasteiger partial charge >= 0.3 is 0 Å². The number of hydrogen-bond acceptors (Lipinski definition) is 4. The van der Waals surface area contributed by atoms with Crippen LogP contribution in [-0.4, -0.2) is 23.6 Å². The maximum absolute atomic E-state index is 5.65. The van der Waals surface area contributed by atoms with Gasteiger partial charge in [-0.15, -0.1) is 0 Å². The Labute approximate surface area is 103 Å². The third-order valence-corrected chi connectivity index (χ3v) is 2.99. The van der Waals surface area contributed by atoms with Crippen LogP contribution in [0, 0.1) is 0 Å². The van der Waals surface area contributed by atoms with Crippen LogP contribution in [0.4, 0.5) is 5.82 Å². The van der Waals surface area contributed by atoms with Crippen molar-refractivity contribution in [3.05, 3.63) is 17.6 Å². The maximum Gasteiger partial charge on any atom is 0.159 e. The SMILES string of the molecule is CNc1cc(C(C)(C)C)nc(C2CCCO2)n1. The summed E-state index contributed by atoms with van der Waals surface area (Å²) in [6, 6.07) is 2.01. The van der Waals surface area contributed by atoms with Crippen molar-refractivity contribution in [1.29, 1.82) is 0 Å². The van der Waals surface area contributed by atoms with Crippen molar-refractivity contribution in [1.82, 2.24) is 9.97 Å².